The fourth-order valence-electron chi connectivity index (χ4n) is 2.39. The van der Waals surface area contributed by atoms with E-state index < -0.39 is 6.04 Å². The van der Waals surface area contributed by atoms with Gasteiger partial charge in [0.1, 0.15) is 11.6 Å². The maximum atomic E-state index is 12.2. The number of carbonyl (C=O) groups is 2. The molecule has 1 fully saturated rings. The monoisotopic (exact) mass is 259 g/mol. The van der Waals surface area contributed by atoms with Crippen molar-refractivity contribution in [2.24, 2.45) is 0 Å². The Balaban J connectivity index is 2.12. The van der Waals surface area contributed by atoms with Gasteiger partial charge in [-0.2, -0.15) is 0 Å². The van der Waals surface area contributed by atoms with Crippen LogP contribution in [0.4, 0.5) is 5.95 Å². The van der Waals surface area contributed by atoms with Gasteiger partial charge in [0.05, 0.1) is 0 Å². The first-order valence-corrected chi connectivity index (χ1v) is 5.98. The molecule has 2 amide bonds. The number of likely N-dealkylation sites (N-methyl/N-ethyl adjacent to an activating group) is 1. The molecule has 0 aromatic carbocycles. The second kappa shape index (κ2) is 4.04. The van der Waals surface area contributed by atoms with Gasteiger partial charge >= 0.3 is 0 Å². The summed E-state index contributed by atoms with van der Waals surface area (Å²) >= 11 is 0. The Bertz CT molecular complexity index is 678. The topological polar surface area (TPSA) is 94.1 Å². The number of piperidine rings is 1. The van der Waals surface area contributed by atoms with Crippen molar-refractivity contribution in [3.05, 3.63) is 18.3 Å². The first kappa shape index (κ1) is 11.6. The van der Waals surface area contributed by atoms with Crippen molar-refractivity contribution in [3.63, 3.8) is 0 Å². The number of carbonyl (C=O) groups excluding carboxylic acids is 2. The molecule has 2 aromatic heterocycles. The van der Waals surface area contributed by atoms with Gasteiger partial charge in [0.25, 0.3) is 5.91 Å². The molecule has 1 saturated heterocycles. The molecule has 98 valence electrons. The van der Waals surface area contributed by atoms with Crippen molar-refractivity contribution in [2.45, 2.75) is 18.9 Å². The second-order valence-corrected chi connectivity index (χ2v) is 4.53. The van der Waals surface area contributed by atoms with Gasteiger partial charge in [-0.3, -0.25) is 19.1 Å². The number of nitrogens with two attached hydrogens (primary N) is 1. The zero-order chi connectivity index (χ0) is 13.6. The quantitative estimate of drug-likeness (QED) is 0.745. The number of rotatable bonds is 1. The summed E-state index contributed by atoms with van der Waals surface area (Å²) in [4.78, 5) is 33.3. The molecule has 2 N–H and O–H groups in total. The molecule has 0 spiro atoms. The molecule has 0 bridgehead atoms. The number of imidazole rings is 1. The molecular formula is C12H13N5O2. The van der Waals surface area contributed by atoms with Gasteiger partial charge in [0, 0.05) is 19.7 Å². The maximum absolute atomic E-state index is 12.2. The molecular weight excluding hydrogens is 246 g/mol. The summed E-state index contributed by atoms with van der Waals surface area (Å²) in [5, 5.41) is 0. The van der Waals surface area contributed by atoms with Gasteiger partial charge in [-0.25, -0.2) is 9.97 Å². The largest absolute Gasteiger partial charge is 0.369 e. The molecule has 7 nitrogen and oxygen atoms in total. The van der Waals surface area contributed by atoms with E-state index in [0.29, 0.717) is 24.0 Å². The highest BCUT2D eigenvalue weighted by Gasteiger charge is 2.35. The van der Waals surface area contributed by atoms with Crippen LogP contribution in [-0.4, -0.2) is 38.3 Å². The lowest BCUT2D eigenvalue weighted by molar-refractivity contribution is -0.149. The Morgan fingerprint density at radius 2 is 2.21 bits per heavy atom. The molecule has 0 aliphatic carbocycles. The maximum Gasteiger partial charge on any atom is 0.252 e. The van der Waals surface area contributed by atoms with Crippen LogP contribution in [0.25, 0.3) is 11.2 Å². The Labute approximate surface area is 109 Å². The van der Waals surface area contributed by atoms with Crippen LogP contribution in [0, 0.1) is 0 Å². The highest BCUT2D eigenvalue weighted by molar-refractivity contribution is 6.00. The lowest BCUT2D eigenvalue weighted by atomic mass is 10.0. The summed E-state index contributed by atoms with van der Waals surface area (Å²) in [5.74, 6) is -0.195. The molecule has 7 heteroatoms. The third-order valence-electron chi connectivity index (χ3n) is 3.41. The van der Waals surface area contributed by atoms with E-state index in [0.717, 1.165) is 4.90 Å². The average molecular weight is 259 g/mol. The molecule has 3 heterocycles. The van der Waals surface area contributed by atoms with Gasteiger partial charge in [0.15, 0.2) is 5.65 Å². The molecule has 1 atom stereocenters. The van der Waals surface area contributed by atoms with Gasteiger partial charge in [-0.05, 0) is 18.6 Å². The van der Waals surface area contributed by atoms with Crippen LogP contribution in [0.2, 0.25) is 0 Å². The minimum atomic E-state index is -0.511. The first-order chi connectivity index (χ1) is 9.09. The Morgan fingerprint density at radius 1 is 1.42 bits per heavy atom. The van der Waals surface area contributed by atoms with Crippen LogP contribution < -0.4 is 5.73 Å². The predicted molar refractivity (Wildman–Crippen MR) is 68.0 cm³/mol. The van der Waals surface area contributed by atoms with E-state index in [1.54, 1.807) is 22.9 Å². The van der Waals surface area contributed by atoms with E-state index in [-0.39, 0.29) is 17.8 Å². The molecule has 1 unspecified atom stereocenters. The van der Waals surface area contributed by atoms with Crippen molar-refractivity contribution >= 4 is 28.9 Å². The molecule has 2 aromatic rings. The number of nitrogen functional groups attached to an aromatic ring is 1. The minimum absolute atomic E-state index is 0.169. The van der Waals surface area contributed by atoms with Gasteiger partial charge in [-0.15, -0.1) is 0 Å². The SMILES string of the molecule is CN1C(=O)CCC(n2c(N)nc3cccnc32)C1=O. The van der Waals surface area contributed by atoms with E-state index in [2.05, 4.69) is 9.97 Å². The lowest BCUT2D eigenvalue weighted by Gasteiger charge is -2.28. The molecule has 0 radical (unpaired) electrons. The standard InChI is InChI=1S/C12H13N5O2/c1-16-9(18)5-4-8(11(16)19)17-10-7(15-12(17)13)3-2-6-14-10/h2-3,6,8H,4-5H2,1H3,(H2,13,15). The van der Waals surface area contributed by atoms with Gasteiger partial charge in [0.2, 0.25) is 11.9 Å². The second-order valence-electron chi connectivity index (χ2n) is 4.53. The Morgan fingerprint density at radius 3 is 3.00 bits per heavy atom. The van der Waals surface area contributed by atoms with Crippen LogP contribution in [0.5, 0.6) is 0 Å². The van der Waals surface area contributed by atoms with Crippen LogP contribution in [-0.2, 0) is 9.59 Å². The first-order valence-electron chi connectivity index (χ1n) is 5.98. The number of anilines is 1. The number of nitrogens with zero attached hydrogens (tertiary/aromatic N) is 4. The van der Waals surface area contributed by atoms with Crippen molar-refractivity contribution in [2.75, 3.05) is 12.8 Å². The number of hydrogen-bond donors (Lipinski definition) is 1. The highest BCUT2D eigenvalue weighted by atomic mass is 16.2. The normalized spacial score (nSPS) is 20.3. The van der Waals surface area contributed by atoms with Crippen molar-refractivity contribution in [1.82, 2.24) is 19.4 Å². The van der Waals surface area contributed by atoms with Gasteiger partial charge in [-0.1, -0.05) is 0 Å². The summed E-state index contributed by atoms with van der Waals surface area (Å²) in [5.41, 5.74) is 7.10. The molecule has 19 heavy (non-hydrogen) atoms. The predicted octanol–water partition coefficient (Wildman–Crippen LogP) is 0.333. The van der Waals surface area contributed by atoms with Crippen LogP contribution >= 0.6 is 0 Å². The van der Waals surface area contributed by atoms with E-state index in [9.17, 15) is 9.59 Å². The fourth-order valence-corrected chi connectivity index (χ4v) is 2.39. The Hall–Kier alpha value is -2.44. The average Bonchev–Trinajstić information content (AvgIpc) is 2.73. The third kappa shape index (κ3) is 1.66. The smallest absolute Gasteiger partial charge is 0.252 e. The summed E-state index contributed by atoms with van der Waals surface area (Å²) in [6, 6.07) is 3.04. The Kier molecular flexibility index (Phi) is 2.48. The van der Waals surface area contributed by atoms with E-state index in [1.165, 1.54) is 7.05 Å². The minimum Gasteiger partial charge on any atom is -0.369 e. The number of likely N-dealkylation sites (tertiary alicyclic amines) is 1. The zero-order valence-electron chi connectivity index (χ0n) is 10.4. The lowest BCUT2D eigenvalue weighted by Crippen LogP contribution is -2.43. The summed E-state index contributed by atoms with van der Waals surface area (Å²) in [6.45, 7) is 0. The number of fused-ring (bicyclic) bond motifs is 1. The van der Waals surface area contributed by atoms with Crippen molar-refractivity contribution in [1.29, 1.82) is 0 Å². The number of hydrogen-bond acceptors (Lipinski definition) is 5. The number of amides is 2. The number of aromatic nitrogens is 3. The molecule has 1 aliphatic heterocycles. The third-order valence-corrected chi connectivity index (χ3v) is 3.41. The zero-order valence-corrected chi connectivity index (χ0v) is 10.4. The van der Waals surface area contributed by atoms with E-state index >= 15 is 0 Å². The van der Waals surface area contributed by atoms with E-state index in [1.807, 2.05) is 0 Å². The highest BCUT2D eigenvalue weighted by Crippen LogP contribution is 2.28. The van der Waals surface area contributed by atoms with E-state index in [4.69, 9.17) is 5.73 Å². The van der Waals surface area contributed by atoms with Crippen molar-refractivity contribution < 1.29 is 9.59 Å². The number of imide groups is 1. The summed E-state index contributed by atoms with van der Waals surface area (Å²) in [7, 11) is 1.49. The molecule has 3 rings (SSSR count). The number of pyridine rings is 1. The summed E-state index contributed by atoms with van der Waals surface area (Å²) in [6.07, 6.45) is 2.37. The summed E-state index contributed by atoms with van der Waals surface area (Å²) < 4.78 is 1.61. The van der Waals surface area contributed by atoms with Crippen LogP contribution in [0.1, 0.15) is 18.9 Å². The molecule has 0 saturated carbocycles. The van der Waals surface area contributed by atoms with Gasteiger partial charge < -0.3 is 5.73 Å². The molecule has 1 aliphatic rings. The van der Waals surface area contributed by atoms with Crippen LogP contribution in [0.3, 0.4) is 0 Å². The van der Waals surface area contributed by atoms with Crippen molar-refractivity contribution in [3.8, 4) is 0 Å². The van der Waals surface area contributed by atoms with Crippen LogP contribution in [0.15, 0.2) is 18.3 Å². The fraction of sp³-hybridized carbons (Fsp3) is 0.333.